The molecule has 1 aromatic carbocycles. The topological polar surface area (TPSA) is 82.4 Å². The van der Waals surface area contributed by atoms with Crippen LogP contribution in [0.15, 0.2) is 36.7 Å². The molecule has 8 heteroatoms. The molecule has 0 unspecified atom stereocenters. The zero-order valence-corrected chi connectivity index (χ0v) is 17.2. The molecule has 1 aromatic heterocycles. The minimum atomic E-state index is -0.284. The number of aliphatic hydroxyl groups is 1. The van der Waals surface area contributed by atoms with Crippen LogP contribution in [-0.4, -0.2) is 51.6 Å². The maximum absolute atomic E-state index is 13.3. The number of rotatable bonds is 6. The summed E-state index contributed by atoms with van der Waals surface area (Å²) in [5.41, 5.74) is 1.98. The fraction of sp³-hybridized carbons (Fsp3) is 0.545. The van der Waals surface area contributed by atoms with Crippen molar-refractivity contribution in [2.24, 2.45) is 5.41 Å². The monoisotopic (exact) mass is 415 g/mol. The third kappa shape index (κ3) is 4.92. The van der Waals surface area contributed by atoms with Crippen LogP contribution in [-0.2, 0) is 13.1 Å². The first-order valence-electron chi connectivity index (χ1n) is 10.7. The summed E-state index contributed by atoms with van der Waals surface area (Å²) in [5.74, 6) is -0.284. The first-order valence-corrected chi connectivity index (χ1v) is 10.7. The molecule has 0 bridgehead atoms. The first-order chi connectivity index (χ1) is 14.5. The maximum atomic E-state index is 13.3. The van der Waals surface area contributed by atoms with Gasteiger partial charge in [0.05, 0.1) is 25.0 Å². The van der Waals surface area contributed by atoms with E-state index in [0.717, 1.165) is 56.4 Å². The van der Waals surface area contributed by atoms with Crippen molar-refractivity contribution in [3.05, 3.63) is 48.0 Å². The number of benzene rings is 1. The number of amides is 2. The summed E-state index contributed by atoms with van der Waals surface area (Å²) in [5, 5.41) is 19.7. The average molecular weight is 416 g/mol. The van der Waals surface area contributed by atoms with Crippen molar-refractivity contribution in [1.29, 1.82) is 0 Å². The second kappa shape index (κ2) is 9.04. The Kier molecular flexibility index (Phi) is 6.22. The van der Waals surface area contributed by atoms with Crippen molar-refractivity contribution in [1.82, 2.24) is 20.0 Å². The van der Waals surface area contributed by atoms with Gasteiger partial charge in [0.1, 0.15) is 5.82 Å². The van der Waals surface area contributed by atoms with Gasteiger partial charge in [-0.1, -0.05) is 12.1 Å². The van der Waals surface area contributed by atoms with Crippen LogP contribution in [0, 0.1) is 11.2 Å². The maximum Gasteiger partial charge on any atom is 0.317 e. The Bertz CT molecular complexity index is 863. The molecule has 1 saturated heterocycles. The van der Waals surface area contributed by atoms with Gasteiger partial charge < -0.3 is 20.6 Å². The summed E-state index contributed by atoms with van der Waals surface area (Å²) in [6.07, 6.45) is 9.13. The normalized spacial score (nSPS) is 23.7. The van der Waals surface area contributed by atoms with Crippen molar-refractivity contribution in [2.75, 3.05) is 25.0 Å². The van der Waals surface area contributed by atoms with Gasteiger partial charge in [-0.3, -0.25) is 4.68 Å². The Morgan fingerprint density at radius 2 is 2.13 bits per heavy atom. The molecule has 1 spiro atoms. The van der Waals surface area contributed by atoms with Crippen LogP contribution in [0.2, 0.25) is 0 Å². The fourth-order valence-corrected chi connectivity index (χ4v) is 4.73. The summed E-state index contributed by atoms with van der Waals surface area (Å²) in [6, 6.07) is 6.68. The summed E-state index contributed by atoms with van der Waals surface area (Å²) in [4.78, 5) is 14.5. The summed E-state index contributed by atoms with van der Waals surface area (Å²) in [6.45, 7) is 2.51. The van der Waals surface area contributed by atoms with Gasteiger partial charge >= 0.3 is 6.03 Å². The predicted octanol–water partition coefficient (Wildman–Crippen LogP) is 2.97. The van der Waals surface area contributed by atoms with Crippen LogP contribution in [0.25, 0.3) is 0 Å². The average Bonchev–Trinajstić information content (AvgIpc) is 3.36. The van der Waals surface area contributed by atoms with E-state index in [1.54, 1.807) is 16.9 Å². The van der Waals surface area contributed by atoms with Gasteiger partial charge in [-0.25, -0.2) is 9.18 Å². The van der Waals surface area contributed by atoms with Crippen LogP contribution < -0.4 is 10.6 Å². The molecule has 162 valence electrons. The number of anilines is 1. The number of likely N-dealkylation sites (tertiary alicyclic amines) is 1. The Hall–Kier alpha value is -2.61. The van der Waals surface area contributed by atoms with Crippen LogP contribution in [0.4, 0.5) is 14.9 Å². The van der Waals surface area contributed by atoms with Crippen molar-refractivity contribution >= 4 is 11.7 Å². The quantitative estimate of drug-likeness (QED) is 0.678. The number of carbonyl (C=O) groups excluding carboxylic acids is 1. The van der Waals surface area contributed by atoms with E-state index in [2.05, 4.69) is 15.7 Å². The molecule has 2 heterocycles. The van der Waals surface area contributed by atoms with Gasteiger partial charge in [-0.05, 0) is 55.2 Å². The molecule has 3 N–H and O–H groups in total. The lowest BCUT2D eigenvalue weighted by atomic mass is 9.72. The number of nitrogens with zero attached hydrogens (tertiary/aromatic N) is 3. The zero-order chi connectivity index (χ0) is 21.0. The third-order valence-corrected chi connectivity index (χ3v) is 6.44. The van der Waals surface area contributed by atoms with Crippen molar-refractivity contribution in [3.63, 3.8) is 0 Å². The summed E-state index contributed by atoms with van der Waals surface area (Å²) in [7, 11) is 0. The lowest BCUT2D eigenvalue weighted by Crippen LogP contribution is -2.41. The van der Waals surface area contributed by atoms with Crippen molar-refractivity contribution in [3.8, 4) is 0 Å². The molecular weight excluding hydrogens is 385 g/mol. The van der Waals surface area contributed by atoms with Crippen molar-refractivity contribution in [2.45, 2.75) is 51.2 Å². The molecular formula is C22H30FN5O2. The SMILES string of the molecule is O=C(NCc1cccc(F)c1)N1CC[C@]2(CC[C@@H](Nc3cnn(CCO)c3)CC2)C1. The molecule has 2 aliphatic rings. The number of urea groups is 1. The molecule has 1 aliphatic carbocycles. The molecule has 7 nitrogen and oxygen atoms in total. The smallest absolute Gasteiger partial charge is 0.317 e. The number of aliphatic hydroxyl groups excluding tert-OH is 1. The van der Waals surface area contributed by atoms with E-state index in [9.17, 15) is 9.18 Å². The number of aromatic nitrogens is 2. The Morgan fingerprint density at radius 3 is 2.90 bits per heavy atom. The number of halogens is 1. The van der Waals surface area contributed by atoms with Gasteiger partial charge in [0, 0.05) is 31.9 Å². The van der Waals surface area contributed by atoms with E-state index in [1.807, 2.05) is 17.2 Å². The zero-order valence-electron chi connectivity index (χ0n) is 17.2. The minimum Gasteiger partial charge on any atom is -0.394 e. The second-order valence-electron chi connectivity index (χ2n) is 8.59. The van der Waals surface area contributed by atoms with E-state index in [1.165, 1.54) is 12.1 Å². The number of hydrogen-bond acceptors (Lipinski definition) is 4. The molecule has 2 fully saturated rings. The van der Waals surface area contributed by atoms with E-state index < -0.39 is 0 Å². The molecule has 2 aromatic rings. The Balaban J connectivity index is 1.23. The van der Waals surface area contributed by atoms with Crippen LogP contribution in [0.5, 0.6) is 0 Å². The van der Waals surface area contributed by atoms with Gasteiger partial charge in [-0.15, -0.1) is 0 Å². The van der Waals surface area contributed by atoms with E-state index in [0.29, 0.717) is 19.1 Å². The highest BCUT2D eigenvalue weighted by atomic mass is 19.1. The lowest BCUT2D eigenvalue weighted by molar-refractivity contribution is 0.172. The van der Waals surface area contributed by atoms with Gasteiger partial charge in [-0.2, -0.15) is 5.10 Å². The highest BCUT2D eigenvalue weighted by Gasteiger charge is 2.42. The Morgan fingerprint density at radius 1 is 1.30 bits per heavy atom. The highest BCUT2D eigenvalue weighted by Crippen LogP contribution is 2.44. The largest absolute Gasteiger partial charge is 0.394 e. The number of nitrogens with one attached hydrogen (secondary N) is 2. The van der Waals surface area contributed by atoms with E-state index in [4.69, 9.17) is 5.11 Å². The number of carbonyl (C=O) groups is 1. The Labute approximate surface area is 176 Å². The first kappa shape index (κ1) is 20.7. The molecule has 0 atom stereocenters. The van der Waals surface area contributed by atoms with E-state index in [-0.39, 0.29) is 23.9 Å². The second-order valence-corrected chi connectivity index (χ2v) is 8.59. The highest BCUT2D eigenvalue weighted by molar-refractivity contribution is 5.74. The van der Waals surface area contributed by atoms with Gasteiger partial charge in [0.25, 0.3) is 0 Å². The molecule has 4 rings (SSSR count). The molecule has 1 saturated carbocycles. The van der Waals surface area contributed by atoms with Gasteiger partial charge in [0.15, 0.2) is 0 Å². The molecule has 0 radical (unpaired) electrons. The summed E-state index contributed by atoms with van der Waals surface area (Å²) >= 11 is 0. The summed E-state index contributed by atoms with van der Waals surface area (Å²) < 4.78 is 15.0. The molecule has 30 heavy (non-hydrogen) atoms. The van der Waals surface area contributed by atoms with Crippen LogP contribution in [0.1, 0.15) is 37.7 Å². The minimum absolute atomic E-state index is 0.0623. The van der Waals surface area contributed by atoms with Crippen LogP contribution in [0.3, 0.4) is 0 Å². The lowest BCUT2D eigenvalue weighted by Gasteiger charge is -2.37. The molecule has 1 aliphatic heterocycles. The predicted molar refractivity (Wildman–Crippen MR) is 112 cm³/mol. The van der Waals surface area contributed by atoms with E-state index >= 15 is 0 Å². The number of hydrogen-bond donors (Lipinski definition) is 3. The van der Waals surface area contributed by atoms with Crippen LogP contribution >= 0.6 is 0 Å². The van der Waals surface area contributed by atoms with Crippen molar-refractivity contribution < 1.29 is 14.3 Å². The third-order valence-electron chi connectivity index (χ3n) is 6.44. The molecule has 2 amide bonds. The fourth-order valence-electron chi connectivity index (χ4n) is 4.73. The van der Waals surface area contributed by atoms with Gasteiger partial charge in [0.2, 0.25) is 0 Å². The standard InChI is InChI=1S/C22H30FN5O2/c23-18-3-1-2-17(12-18)13-24-21(30)27-9-8-22(16-27)6-4-19(5-7-22)26-20-14-25-28(15-20)10-11-29/h1-3,12,14-15,19,26,29H,4-11,13,16H2,(H,24,30)/t19-,22-.